The second kappa shape index (κ2) is 5.18. The quantitative estimate of drug-likeness (QED) is 0.752. The Morgan fingerprint density at radius 3 is 2.61 bits per heavy atom. The summed E-state index contributed by atoms with van der Waals surface area (Å²) in [6.45, 7) is 5.05. The van der Waals surface area contributed by atoms with Crippen LogP contribution in [0.5, 0.6) is 0 Å². The van der Waals surface area contributed by atoms with E-state index >= 15 is 0 Å². The summed E-state index contributed by atoms with van der Waals surface area (Å²) in [5.41, 5.74) is 1.94. The monoisotopic (exact) mass is 245 g/mol. The second-order valence-electron chi connectivity index (χ2n) is 4.89. The second-order valence-corrected chi connectivity index (χ2v) is 4.89. The first-order chi connectivity index (χ1) is 8.61. The van der Waals surface area contributed by atoms with Crippen molar-refractivity contribution in [3.8, 4) is 11.3 Å². The molecule has 0 atom stereocenters. The van der Waals surface area contributed by atoms with E-state index in [2.05, 4.69) is 39.7 Å². The van der Waals surface area contributed by atoms with Crippen LogP contribution in [-0.2, 0) is 0 Å². The average molecular weight is 245 g/mol. The molecule has 2 aromatic heterocycles. The minimum Gasteiger partial charge on any atom is -0.367 e. The molecule has 0 aliphatic heterocycles. The fourth-order valence-electron chi connectivity index (χ4n) is 1.46. The molecule has 5 heteroatoms. The van der Waals surface area contributed by atoms with E-state index in [9.17, 15) is 0 Å². The lowest BCUT2D eigenvalue weighted by atomic mass is 10.1. The molecular weight excluding hydrogens is 226 g/mol. The van der Waals surface area contributed by atoms with E-state index in [0.29, 0.717) is 0 Å². The van der Waals surface area contributed by atoms with Gasteiger partial charge in [-0.3, -0.25) is 0 Å². The molecule has 0 aliphatic carbocycles. The number of nitrogens with one attached hydrogen (secondary N) is 3. The molecule has 2 heterocycles. The van der Waals surface area contributed by atoms with Gasteiger partial charge in [0.25, 0.3) is 0 Å². The highest BCUT2D eigenvalue weighted by molar-refractivity contribution is 5.58. The molecule has 0 unspecified atom stereocenters. The number of anilines is 1. The van der Waals surface area contributed by atoms with Gasteiger partial charge in [-0.1, -0.05) is 0 Å². The van der Waals surface area contributed by atoms with Crippen molar-refractivity contribution in [3.05, 3.63) is 30.6 Å². The number of aromatic amines is 1. The molecule has 3 N–H and O–H groups in total. The van der Waals surface area contributed by atoms with Crippen molar-refractivity contribution >= 4 is 5.82 Å². The maximum Gasteiger partial charge on any atom is 0.148 e. The van der Waals surface area contributed by atoms with Crippen molar-refractivity contribution < 1.29 is 0 Å². The van der Waals surface area contributed by atoms with Gasteiger partial charge in [0.15, 0.2) is 0 Å². The van der Waals surface area contributed by atoms with Crippen LogP contribution in [0.25, 0.3) is 11.3 Å². The first-order valence-corrected chi connectivity index (χ1v) is 6.00. The normalized spacial score (nSPS) is 11.5. The lowest BCUT2D eigenvalue weighted by molar-refractivity contribution is 0.447. The summed E-state index contributed by atoms with van der Waals surface area (Å²) >= 11 is 0. The Morgan fingerprint density at radius 1 is 1.22 bits per heavy atom. The highest BCUT2D eigenvalue weighted by Crippen LogP contribution is 2.16. The molecule has 96 valence electrons. The number of rotatable bonds is 5. The van der Waals surface area contributed by atoms with E-state index in [1.807, 2.05) is 37.6 Å². The number of likely N-dealkylation sites (N-methyl/N-ethyl adjacent to an activating group) is 1. The van der Waals surface area contributed by atoms with Gasteiger partial charge in [-0.15, -0.1) is 10.2 Å². The topological polar surface area (TPSA) is 65.6 Å². The van der Waals surface area contributed by atoms with Crippen LogP contribution in [0.4, 0.5) is 5.82 Å². The summed E-state index contributed by atoms with van der Waals surface area (Å²) < 4.78 is 0. The Bertz CT molecular complexity index is 473. The number of aromatic nitrogens is 3. The molecule has 0 fully saturated rings. The van der Waals surface area contributed by atoms with Crippen LogP contribution in [0.1, 0.15) is 13.8 Å². The summed E-state index contributed by atoms with van der Waals surface area (Å²) in [5, 5.41) is 14.9. The number of hydrogen-bond acceptors (Lipinski definition) is 4. The van der Waals surface area contributed by atoms with Gasteiger partial charge in [0.2, 0.25) is 0 Å². The Balaban J connectivity index is 2.00. The Morgan fingerprint density at radius 2 is 2.06 bits per heavy atom. The predicted molar refractivity (Wildman–Crippen MR) is 73.4 cm³/mol. The summed E-state index contributed by atoms with van der Waals surface area (Å²) in [7, 11) is 1.95. The number of hydrogen-bond donors (Lipinski definition) is 3. The molecule has 0 radical (unpaired) electrons. The molecule has 0 amide bonds. The lowest BCUT2D eigenvalue weighted by Gasteiger charge is -2.24. The highest BCUT2D eigenvalue weighted by atomic mass is 15.2. The summed E-state index contributed by atoms with van der Waals surface area (Å²) in [5.74, 6) is 0.789. The van der Waals surface area contributed by atoms with E-state index in [4.69, 9.17) is 0 Å². The van der Waals surface area contributed by atoms with E-state index in [0.717, 1.165) is 23.6 Å². The zero-order valence-electron chi connectivity index (χ0n) is 11.0. The predicted octanol–water partition coefficient (Wildman–Crippen LogP) is 1.88. The van der Waals surface area contributed by atoms with Crippen molar-refractivity contribution in [1.29, 1.82) is 0 Å². The van der Waals surface area contributed by atoms with Gasteiger partial charge < -0.3 is 15.6 Å². The summed E-state index contributed by atoms with van der Waals surface area (Å²) in [6.07, 6.45) is 3.78. The van der Waals surface area contributed by atoms with Gasteiger partial charge in [-0.2, -0.15) is 0 Å². The SMILES string of the molecule is CNC(C)(C)CNc1ccc(-c2cc[nH]c2)nn1. The van der Waals surface area contributed by atoms with Crippen molar-refractivity contribution in [2.45, 2.75) is 19.4 Å². The summed E-state index contributed by atoms with van der Waals surface area (Å²) in [4.78, 5) is 3.00. The van der Waals surface area contributed by atoms with E-state index < -0.39 is 0 Å². The molecule has 2 aromatic rings. The Labute approximate surface area is 107 Å². The summed E-state index contributed by atoms with van der Waals surface area (Å²) in [6, 6.07) is 5.88. The van der Waals surface area contributed by atoms with Gasteiger partial charge in [0, 0.05) is 30.0 Å². The van der Waals surface area contributed by atoms with Gasteiger partial charge in [-0.25, -0.2) is 0 Å². The van der Waals surface area contributed by atoms with Crippen LogP contribution >= 0.6 is 0 Å². The van der Waals surface area contributed by atoms with Crippen LogP contribution in [0.2, 0.25) is 0 Å². The molecule has 18 heavy (non-hydrogen) atoms. The van der Waals surface area contributed by atoms with Crippen LogP contribution in [0.15, 0.2) is 30.6 Å². The van der Waals surface area contributed by atoms with Crippen molar-refractivity contribution in [2.24, 2.45) is 0 Å². The third kappa shape index (κ3) is 3.07. The largest absolute Gasteiger partial charge is 0.367 e. The molecule has 0 bridgehead atoms. The third-order valence-electron chi connectivity index (χ3n) is 2.95. The van der Waals surface area contributed by atoms with Crippen LogP contribution in [0, 0.1) is 0 Å². The maximum atomic E-state index is 4.19. The molecule has 2 rings (SSSR count). The van der Waals surface area contributed by atoms with Gasteiger partial charge in [0.1, 0.15) is 5.82 Å². The molecule has 0 aliphatic rings. The molecule has 0 saturated heterocycles. The number of H-pyrrole nitrogens is 1. The first-order valence-electron chi connectivity index (χ1n) is 6.00. The zero-order chi connectivity index (χ0) is 13.0. The van der Waals surface area contributed by atoms with E-state index in [-0.39, 0.29) is 5.54 Å². The maximum absolute atomic E-state index is 4.19. The third-order valence-corrected chi connectivity index (χ3v) is 2.95. The molecule has 0 spiro atoms. The molecule has 0 aromatic carbocycles. The van der Waals surface area contributed by atoms with Crippen LogP contribution in [0.3, 0.4) is 0 Å². The molecule has 5 nitrogen and oxygen atoms in total. The fourth-order valence-corrected chi connectivity index (χ4v) is 1.46. The Kier molecular flexibility index (Phi) is 3.62. The van der Waals surface area contributed by atoms with Crippen molar-refractivity contribution in [1.82, 2.24) is 20.5 Å². The minimum atomic E-state index is 0.0288. The van der Waals surface area contributed by atoms with Crippen molar-refractivity contribution in [3.63, 3.8) is 0 Å². The Hall–Kier alpha value is -1.88. The minimum absolute atomic E-state index is 0.0288. The van der Waals surface area contributed by atoms with Crippen LogP contribution in [-0.4, -0.2) is 34.3 Å². The average Bonchev–Trinajstić information content (AvgIpc) is 2.91. The van der Waals surface area contributed by atoms with Gasteiger partial charge in [0.05, 0.1) is 5.69 Å². The number of nitrogens with zero attached hydrogens (tertiary/aromatic N) is 2. The zero-order valence-corrected chi connectivity index (χ0v) is 11.0. The van der Waals surface area contributed by atoms with E-state index in [1.54, 1.807) is 0 Å². The molecule has 0 saturated carbocycles. The molecular formula is C13H19N5. The van der Waals surface area contributed by atoms with E-state index in [1.165, 1.54) is 0 Å². The van der Waals surface area contributed by atoms with Gasteiger partial charge in [-0.05, 0) is 39.1 Å². The van der Waals surface area contributed by atoms with Crippen LogP contribution < -0.4 is 10.6 Å². The lowest BCUT2D eigenvalue weighted by Crippen LogP contribution is -2.42. The fraction of sp³-hybridized carbons (Fsp3) is 0.385. The first kappa shape index (κ1) is 12.6. The highest BCUT2D eigenvalue weighted by Gasteiger charge is 2.14. The smallest absolute Gasteiger partial charge is 0.148 e. The van der Waals surface area contributed by atoms with Crippen molar-refractivity contribution in [2.75, 3.05) is 18.9 Å². The standard InChI is InChI=1S/C13H19N5/c1-13(2,14-3)9-16-12-5-4-11(17-18-12)10-6-7-15-8-10/h4-8,14-15H,9H2,1-3H3,(H,16,18). The van der Waals surface area contributed by atoms with Gasteiger partial charge >= 0.3 is 0 Å².